The number of fused-ring (bicyclic) bond motifs is 1. The summed E-state index contributed by atoms with van der Waals surface area (Å²) in [7, 11) is 0. The van der Waals surface area contributed by atoms with Crippen molar-refractivity contribution >= 4 is 0 Å². The van der Waals surface area contributed by atoms with Crippen LogP contribution in [0.4, 0.5) is 0 Å². The molecule has 3 aliphatic rings. The van der Waals surface area contributed by atoms with Gasteiger partial charge in [-0.15, -0.1) is 6.58 Å². The van der Waals surface area contributed by atoms with Gasteiger partial charge in [-0.2, -0.15) is 5.10 Å². The van der Waals surface area contributed by atoms with E-state index in [9.17, 15) is 0 Å². The minimum atomic E-state index is 0.567. The molecule has 2 aliphatic heterocycles. The van der Waals surface area contributed by atoms with Crippen molar-refractivity contribution in [3.8, 4) is 0 Å². The van der Waals surface area contributed by atoms with Gasteiger partial charge < -0.3 is 0 Å². The Balaban J connectivity index is 1.41. The van der Waals surface area contributed by atoms with Gasteiger partial charge in [-0.25, -0.2) is 0 Å². The maximum Gasteiger partial charge on any atom is 0.0768 e. The molecule has 0 radical (unpaired) electrons. The van der Waals surface area contributed by atoms with Crippen LogP contribution < -0.4 is 0 Å². The Morgan fingerprint density at radius 2 is 1.81 bits per heavy atom. The van der Waals surface area contributed by atoms with E-state index in [0.29, 0.717) is 12.1 Å². The third-order valence-corrected chi connectivity index (χ3v) is 6.91. The first-order chi connectivity index (χ1) is 13.1. The summed E-state index contributed by atoms with van der Waals surface area (Å²) in [6.45, 7) is 16.2. The van der Waals surface area contributed by atoms with Gasteiger partial charge in [0.15, 0.2) is 0 Å². The largest absolute Gasteiger partial charge is 0.295 e. The molecule has 4 rings (SSSR count). The molecule has 5 heteroatoms. The maximum absolute atomic E-state index is 5.00. The summed E-state index contributed by atoms with van der Waals surface area (Å²) in [4.78, 5) is 7.88. The van der Waals surface area contributed by atoms with Gasteiger partial charge in [-0.05, 0) is 39.2 Å². The average molecular weight is 372 g/mol. The summed E-state index contributed by atoms with van der Waals surface area (Å²) in [5, 5.41) is 5.00. The van der Waals surface area contributed by atoms with Crippen molar-refractivity contribution in [1.29, 1.82) is 0 Å². The lowest BCUT2D eigenvalue weighted by atomic mass is 10.1. The first-order valence-corrected chi connectivity index (χ1v) is 11.0. The quantitative estimate of drug-likeness (QED) is 0.744. The molecule has 0 aromatic carbocycles. The average Bonchev–Trinajstić information content (AvgIpc) is 3.26. The van der Waals surface area contributed by atoms with E-state index >= 15 is 0 Å². The lowest BCUT2D eigenvalue weighted by Gasteiger charge is -2.43. The third-order valence-electron chi connectivity index (χ3n) is 6.91. The normalized spacial score (nSPS) is 29.0. The van der Waals surface area contributed by atoms with E-state index in [1.807, 2.05) is 6.08 Å². The Kier molecular flexibility index (Phi) is 6.00. The molecular weight excluding hydrogens is 334 g/mol. The highest BCUT2D eigenvalue weighted by molar-refractivity contribution is 5.12. The van der Waals surface area contributed by atoms with Crippen LogP contribution in [0.2, 0.25) is 0 Å². The molecule has 0 unspecified atom stereocenters. The lowest BCUT2D eigenvalue weighted by Crippen LogP contribution is -2.55. The van der Waals surface area contributed by atoms with Crippen LogP contribution in [-0.4, -0.2) is 68.8 Å². The molecule has 1 aliphatic carbocycles. The van der Waals surface area contributed by atoms with Gasteiger partial charge in [0.25, 0.3) is 0 Å². The van der Waals surface area contributed by atoms with Gasteiger partial charge in [-0.3, -0.25) is 19.4 Å². The van der Waals surface area contributed by atoms with Gasteiger partial charge in [-0.1, -0.05) is 18.9 Å². The molecule has 0 spiro atoms. The van der Waals surface area contributed by atoms with Crippen LogP contribution in [0.5, 0.6) is 0 Å². The fourth-order valence-corrected chi connectivity index (χ4v) is 5.32. The summed E-state index contributed by atoms with van der Waals surface area (Å²) < 4.78 is 2.30. The van der Waals surface area contributed by atoms with E-state index < -0.39 is 0 Å². The molecule has 27 heavy (non-hydrogen) atoms. The van der Waals surface area contributed by atoms with Crippen molar-refractivity contribution in [3.05, 3.63) is 30.1 Å². The van der Waals surface area contributed by atoms with Gasteiger partial charge in [0.1, 0.15) is 0 Å². The monoisotopic (exact) mass is 371 g/mol. The lowest BCUT2D eigenvalue weighted by molar-refractivity contribution is 0.0443. The summed E-state index contributed by atoms with van der Waals surface area (Å²) in [5.41, 5.74) is 2.69. The molecule has 0 amide bonds. The van der Waals surface area contributed by atoms with Crippen LogP contribution in [-0.2, 0) is 19.6 Å². The number of aryl methyl sites for hydroxylation is 1. The van der Waals surface area contributed by atoms with Crippen LogP contribution in [0.3, 0.4) is 0 Å². The van der Waals surface area contributed by atoms with Crippen molar-refractivity contribution in [2.75, 3.05) is 26.2 Å². The Morgan fingerprint density at radius 3 is 2.59 bits per heavy atom. The molecule has 1 saturated heterocycles. The second-order valence-electron chi connectivity index (χ2n) is 8.98. The van der Waals surface area contributed by atoms with Crippen molar-refractivity contribution < 1.29 is 0 Å². The topological polar surface area (TPSA) is 27.5 Å². The summed E-state index contributed by atoms with van der Waals surface area (Å²) in [6, 6.07) is 4.35. The van der Waals surface area contributed by atoms with E-state index in [0.717, 1.165) is 45.3 Å². The molecule has 1 aromatic rings. The van der Waals surface area contributed by atoms with E-state index in [-0.39, 0.29) is 0 Å². The summed E-state index contributed by atoms with van der Waals surface area (Å²) >= 11 is 0. The number of aromatic nitrogens is 2. The number of piperazine rings is 1. The third kappa shape index (κ3) is 4.30. The zero-order chi connectivity index (χ0) is 18.8. The fraction of sp³-hybridized carbons (Fsp3) is 0.773. The van der Waals surface area contributed by atoms with E-state index in [1.165, 1.54) is 50.0 Å². The predicted octanol–water partition coefficient (Wildman–Crippen LogP) is 3.11. The highest BCUT2D eigenvalue weighted by Crippen LogP contribution is 2.27. The number of rotatable bonds is 5. The molecule has 150 valence electrons. The summed E-state index contributed by atoms with van der Waals surface area (Å²) in [5.74, 6) is 0. The highest BCUT2D eigenvalue weighted by atomic mass is 15.3. The SMILES string of the molecule is C=CCN1C[C@@H](C)N(Cc2cc3n(n2)CCCN(C2CCCC2)C3)C[C@H]1C. The minimum Gasteiger partial charge on any atom is -0.295 e. The Morgan fingerprint density at radius 1 is 1.07 bits per heavy atom. The standard InChI is InChI=1S/C22H37N5/c1-4-10-24-14-19(3)26(15-18(24)2)16-20-13-22-17-25(21-8-5-6-9-21)11-7-12-27(22)23-20/h4,13,18-19,21H,1,5-12,14-17H2,2-3H3/t18-,19-/m1/s1. The predicted molar refractivity (Wildman–Crippen MR) is 111 cm³/mol. The second kappa shape index (κ2) is 8.46. The molecule has 5 nitrogen and oxygen atoms in total. The number of hydrogen-bond donors (Lipinski definition) is 0. The van der Waals surface area contributed by atoms with Crippen molar-refractivity contribution in [2.24, 2.45) is 0 Å². The molecule has 1 aromatic heterocycles. The van der Waals surface area contributed by atoms with E-state index in [2.05, 4.69) is 45.9 Å². The summed E-state index contributed by atoms with van der Waals surface area (Å²) in [6.07, 6.45) is 8.88. The van der Waals surface area contributed by atoms with Crippen LogP contribution >= 0.6 is 0 Å². The highest BCUT2D eigenvalue weighted by Gasteiger charge is 2.30. The first kappa shape index (κ1) is 19.2. The van der Waals surface area contributed by atoms with E-state index in [1.54, 1.807) is 0 Å². The molecule has 0 bridgehead atoms. The van der Waals surface area contributed by atoms with Crippen molar-refractivity contribution in [1.82, 2.24) is 24.5 Å². The molecule has 1 saturated carbocycles. The molecule has 2 atom stereocenters. The van der Waals surface area contributed by atoms with Gasteiger partial charge in [0.2, 0.25) is 0 Å². The first-order valence-electron chi connectivity index (χ1n) is 11.0. The Labute approximate surface area is 165 Å². The molecule has 2 fully saturated rings. The number of hydrogen-bond acceptors (Lipinski definition) is 4. The Bertz CT molecular complexity index is 633. The van der Waals surface area contributed by atoms with Gasteiger partial charge in [0, 0.05) is 63.9 Å². The van der Waals surface area contributed by atoms with Crippen LogP contribution in [0, 0.1) is 0 Å². The molecular formula is C22H37N5. The van der Waals surface area contributed by atoms with Crippen LogP contribution in [0.1, 0.15) is 57.3 Å². The van der Waals surface area contributed by atoms with E-state index in [4.69, 9.17) is 5.10 Å². The van der Waals surface area contributed by atoms with Crippen molar-refractivity contribution in [2.45, 2.75) is 83.7 Å². The number of nitrogens with zero attached hydrogens (tertiary/aromatic N) is 5. The van der Waals surface area contributed by atoms with Gasteiger partial charge in [0.05, 0.1) is 11.4 Å². The smallest absolute Gasteiger partial charge is 0.0768 e. The van der Waals surface area contributed by atoms with Gasteiger partial charge >= 0.3 is 0 Å². The molecule has 0 N–H and O–H groups in total. The molecule has 3 heterocycles. The minimum absolute atomic E-state index is 0.567. The fourth-order valence-electron chi connectivity index (χ4n) is 5.32. The van der Waals surface area contributed by atoms with Crippen molar-refractivity contribution in [3.63, 3.8) is 0 Å². The zero-order valence-electron chi connectivity index (χ0n) is 17.3. The van der Waals surface area contributed by atoms with Crippen LogP contribution in [0.15, 0.2) is 18.7 Å². The second-order valence-corrected chi connectivity index (χ2v) is 8.98. The zero-order valence-corrected chi connectivity index (χ0v) is 17.3. The van der Waals surface area contributed by atoms with Crippen LogP contribution in [0.25, 0.3) is 0 Å². The maximum atomic E-state index is 5.00. The Hall–Kier alpha value is -1.17.